The van der Waals surface area contributed by atoms with Crippen LogP contribution in [0.5, 0.6) is 0 Å². The SMILES string of the molecule is COCc1ccccc1NC(=O)c1ccc(S(=O)(=O)N(C)C)o1. The van der Waals surface area contributed by atoms with Crippen LogP contribution in [-0.4, -0.2) is 39.8 Å². The Bertz CT molecular complexity index is 796. The Kier molecular flexibility index (Phi) is 5.19. The molecule has 0 unspecified atom stereocenters. The van der Waals surface area contributed by atoms with Gasteiger partial charge in [0.05, 0.1) is 6.61 Å². The summed E-state index contributed by atoms with van der Waals surface area (Å²) in [5.74, 6) is -0.619. The largest absolute Gasteiger partial charge is 0.438 e. The second-order valence-corrected chi connectivity index (χ2v) is 7.03. The number of ether oxygens (including phenoxy) is 1. The number of nitrogens with zero attached hydrogens (tertiary/aromatic N) is 1. The van der Waals surface area contributed by atoms with Crippen LogP contribution in [-0.2, 0) is 21.4 Å². The van der Waals surface area contributed by atoms with E-state index in [1.165, 1.54) is 26.2 Å². The maximum atomic E-state index is 12.2. The summed E-state index contributed by atoms with van der Waals surface area (Å²) in [4.78, 5) is 12.2. The maximum absolute atomic E-state index is 12.2. The third-order valence-corrected chi connectivity index (χ3v) is 4.79. The highest BCUT2D eigenvalue weighted by atomic mass is 32.2. The molecule has 0 saturated carbocycles. The zero-order valence-corrected chi connectivity index (χ0v) is 13.9. The number of methoxy groups -OCH3 is 1. The number of benzene rings is 1. The number of carbonyl (C=O) groups excluding carboxylic acids is 1. The van der Waals surface area contributed by atoms with E-state index >= 15 is 0 Å². The first-order valence-corrected chi connectivity index (χ1v) is 8.21. The van der Waals surface area contributed by atoms with E-state index < -0.39 is 15.9 Å². The van der Waals surface area contributed by atoms with Crippen molar-refractivity contribution in [3.05, 3.63) is 47.7 Å². The summed E-state index contributed by atoms with van der Waals surface area (Å²) in [6.07, 6.45) is 0. The molecule has 1 aromatic heterocycles. The molecule has 0 aliphatic heterocycles. The van der Waals surface area contributed by atoms with Crippen molar-refractivity contribution in [2.75, 3.05) is 26.5 Å². The number of hydrogen-bond donors (Lipinski definition) is 1. The van der Waals surface area contributed by atoms with Crippen molar-refractivity contribution in [3.63, 3.8) is 0 Å². The van der Waals surface area contributed by atoms with Crippen molar-refractivity contribution in [3.8, 4) is 0 Å². The summed E-state index contributed by atoms with van der Waals surface area (Å²) in [6.45, 7) is 0.342. The minimum atomic E-state index is -3.71. The molecule has 0 bridgehead atoms. The molecule has 8 heteroatoms. The monoisotopic (exact) mass is 338 g/mol. The molecule has 0 aliphatic carbocycles. The Labute approximate surface area is 134 Å². The molecule has 1 heterocycles. The van der Waals surface area contributed by atoms with Crippen molar-refractivity contribution in [2.45, 2.75) is 11.7 Å². The van der Waals surface area contributed by atoms with Gasteiger partial charge >= 0.3 is 0 Å². The molecule has 1 aromatic carbocycles. The summed E-state index contributed by atoms with van der Waals surface area (Å²) < 4.78 is 35.2. The molecule has 0 atom stereocenters. The summed E-state index contributed by atoms with van der Waals surface area (Å²) in [5.41, 5.74) is 1.38. The first-order valence-electron chi connectivity index (χ1n) is 6.77. The predicted molar refractivity (Wildman–Crippen MR) is 84.7 cm³/mol. The lowest BCUT2D eigenvalue weighted by Gasteiger charge is -2.09. The number of furan rings is 1. The highest BCUT2D eigenvalue weighted by Gasteiger charge is 2.23. The predicted octanol–water partition coefficient (Wildman–Crippen LogP) is 1.93. The molecule has 1 N–H and O–H groups in total. The molecular weight excluding hydrogens is 320 g/mol. The zero-order valence-electron chi connectivity index (χ0n) is 13.1. The van der Waals surface area contributed by atoms with E-state index in [1.807, 2.05) is 12.1 Å². The lowest BCUT2D eigenvalue weighted by molar-refractivity contribution is 0.0991. The van der Waals surface area contributed by atoms with Crippen molar-refractivity contribution in [1.29, 1.82) is 0 Å². The van der Waals surface area contributed by atoms with Gasteiger partial charge in [-0.3, -0.25) is 4.79 Å². The van der Waals surface area contributed by atoms with E-state index in [-0.39, 0.29) is 10.9 Å². The first-order chi connectivity index (χ1) is 10.9. The van der Waals surface area contributed by atoms with Gasteiger partial charge in [0.2, 0.25) is 5.09 Å². The Morgan fingerprint density at radius 3 is 2.57 bits per heavy atom. The molecule has 0 saturated heterocycles. The van der Waals surface area contributed by atoms with Gasteiger partial charge in [0.15, 0.2) is 5.76 Å². The summed E-state index contributed by atoms with van der Waals surface area (Å²) in [7, 11) is 0.621. The van der Waals surface area contributed by atoms with Crippen LogP contribution in [0.25, 0.3) is 0 Å². The first kappa shape index (κ1) is 17.2. The van der Waals surface area contributed by atoms with Crippen molar-refractivity contribution in [1.82, 2.24) is 4.31 Å². The molecule has 0 radical (unpaired) electrons. The number of amides is 1. The summed E-state index contributed by atoms with van der Waals surface area (Å²) in [6, 6.07) is 9.74. The Balaban J connectivity index is 2.22. The van der Waals surface area contributed by atoms with Crippen molar-refractivity contribution >= 4 is 21.6 Å². The van der Waals surface area contributed by atoms with Crippen molar-refractivity contribution in [2.24, 2.45) is 0 Å². The second kappa shape index (κ2) is 6.95. The van der Waals surface area contributed by atoms with Gasteiger partial charge in [-0.25, -0.2) is 12.7 Å². The van der Waals surface area contributed by atoms with E-state index in [4.69, 9.17) is 9.15 Å². The number of hydrogen-bond acceptors (Lipinski definition) is 5. The molecule has 124 valence electrons. The van der Waals surface area contributed by atoms with Crippen LogP contribution in [0, 0.1) is 0 Å². The minimum Gasteiger partial charge on any atom is -0.438 e. The summed E-state index contributed by atoms with van der Waals surface area (Å²) in [5, 5.41) is 2.40. The quantitative estimate of drug-likeness (QED) is 0.869. The number of carbonyl (C=O) groups is 1. The molecular formula is C15H18N2O5S. The number of sulfonamides is 1. The van der Waals surface area contributed by atoms with E-state index in [1.54, 1.807) is 19.2 Å². The van der Waals surface area contributed by atoms with Gasteiger partial charge in [0.25, 0.3) is 15.9 Å². The number of para-hydroxylation sites is 1. The smallest absolute Gasteiger partial charge is 0.291 e. The van der Waals surface area contributed by atoms with E-state index in [9.17, 15) is 13.2 Å². The Morgan fingerprint density at radius 2 is 1.91 bits per heavy atom. The molecule has 0 spiro atoms. The third-order valence-electron chi connectivity index (χ3n) is 3.11. The molecule has 2 rings (SSSR count). The molecule has 1 amide bonds. The average molecular weight is 338 g/mol. The van der Waals surface area contributed by atoms with Crippen LogP contribution in [0.1, 0.15) is 16.1 Å². The minimum absolute atomic E-state index is 0.0855. The van der Waals surface area contributed by atoms with Gasteiger partial charge in [0.1, 0.15) is 0 Å². The van der Waals surface area contributed by atoms with Crippen LogP contribution in [0.15, 0.2) is 45.9 Å². The molecule has 23 heavy (non-hydrogen) atoms. The fourth-order valence-electron chi connectivity index (χ4n) is 1.87. The molecule has 0 aliphatic rings. The van der Waals surface area contributed by atoms with Crippen molar-refractivity contribution < 1.29 is 22.4 Å². The van der Waals surface area contributed by atoms with Gasteiger partial charge < -0.3 is 14.5 Å². The van der Waals surface area contributed by atoms with Crippen LogP contribution >= 0.6 is 0 Å². The lowest BCUT2D eigenvalue weighted by atomic mass is 10.2. The number of anilines is 1. The standard InChI is InChI=1S/C15H18N2O5S/c1-17(2)23(19,20)14-9-8-13(22-14)15(18)16-12-7-5-4-6-11(12)10-21-3/h4-9H,10H2,1-3H3,(H,16,18). The molecule has 7 nitrogen and oxygen atoms in total. The van der Waals surface area contributed by atoms with Crippen LogP contribution in [0.3, 0.4) is 0 Å². The van der Waals surface area contributed by atoms with E-state index in [2.05, 4.69) is 5.32 Å². The van der Waals surface area contributed by atoms with Gasteiger partial charge in [0, 0.05) is 32.5 Å². The van der Waals surface area contributed by atoms with Gasteiger partial charge in [-0.15, -0.1) is 0 Å². The highest BCUT2D eigenvalue weighted by Crippen LogP contribution is 2.20. The van der Waals surface area contributed by atoms with Crippen LogP contribution < -0.4 is 5.32 Å². The van der Waals surface area contributed by atoms with E-state index in [0.717, 1.165) is 9.87 Å². The highest BCUT2D eigenvalue weighted by molar-refractivity contribution is 7.88. The lowest BCUT2D eigenvalue weighted by Crippen LogP contribution is -2.21. The Morgan fingerprint density at radius 1 is 1.22 bits per heavy atom. The average Bonchev–Trinajstić information content (AvgIpc) is 3.00. The normalized spacial score (nSPS) is 11.7. The molecule has 0 fully saturated rings. The van der Waals surface area contributed by atoms with Gasteiger partial charge in [-0.05, 0) is 18.2 Å². The second-order valence-electron chi connectivity index (χ2n) is 4.95. The fourth-order valence-corrected chi connectivity index (χ4v) is 2.66. The summed E-state index contributed by atoms with van der Waals surface area (Å²) >= 11 is 0. The van der Waals surface area contributed by atoms with Gasteiger partial charge in [-0.1, -0.05) is 18.2 Å². The zero-order chi connectivity index (χ0) is 17.0. The van der Waals surface area contributed by atoms with Gasteiger partial charge in [-0.2, -0.15) is 0 Å². The Hall–Kier alpha value is -2.16. The van der Waals surface area contributed by atoms with Crippen LogP contribution in [0.4, 0.5) is 5.69 Å². The molecule has 2 aromatic rings. The number of nitrogens with one attached hydrogen (secondary N) is 1. The maximum Gasteiger partial charge on any atom is 0.291 e. The van der Waals surface area contributed by atoms with Crippen LogP contribution in [0.2, 0.25) is 0 Å². The number of rotatable bonds is 6. The fraction of sp³-hybridized carbons (Fsp3) is 0.267. The third kappa shape index (κ3) is 3.79. The topological polar surface area (TPSA) is 88.8 Å². The van der Waals surface area contributed by atoms with E-state index in [0.29, 0.717) is 12.3 Å².